The van der Waals surface area contributed by atoms with Gasteiger partial charge in [-0.2, -0.15) is 5.26 Å². The zero-order valence-electron chi connectivity index (χ0n) is 11.8. The van der Waals surface area contributed by atoms with E-state index < -0.39 is 0 Å². The molecule has 0 saturated carbocycles. The molecule has 0 aliphatic carbocycles. The van der Waals surface area contributed by atoms with Crippen LogP contribution in [0.15, 0.2) is 18.2 Å². The first-order valence-electron chi connectivity index (χ1n) is 6.92. The van der Waals surface area contributed by atoms with E-state index in [2.05, 4.69) is 5.32 Å². The van der Waals surface area contributed by atoms with E-state index in [0.717, 1.165) is 0 Å². The van der Waals surface area contributed by atoms with Crippen molar-refractivity contribution in [2.24, 2.45) is 0 Å². The number of rotatable bonds is 3. The Hall–Kier alpha value is -1.77. The summed E-state index contributed by atoms with van der Waals surface area (Å²) in [6.07, 6.45) is 1.18. The van der Waals surface area contributed by atoms with E-state index in [1.165, 1.54) is 0 Å². The number of halogens is 2. The molecule has 116 valence electrons. The molecule has 0 unspecified atom stereocenters. The molecule has 7 heteroatoms. The lowest BCUT2D eigenvalue weighted by atomic mass is 10.0. The number of carbonyl (C=O) groups is 2. The standard InChI is InChI=1S/C15H15Cl2N3O2/c16-10-1-2-12(13(17)9-10)15(22)20-7-4-11(5-8-20)19-14(21)3-6-18/h1-2,9,11H,3-5,7-8H2,(H,19,21). The quantitative estimate of drug-likeness (QED) is 0.919. The van der Waals surface area contributed by atoms with Crippen molar-refractivity contribution in [1.82, 2.24) is 10.2 Å². The lowest BCUT2D eigenvalue weighted by molar-refractivity contribution is -0.121. The Labute approximate surface area is 138 Å². The van der Waals surface area contributed by atoms with Crippen LogP contribution in [0.5, 0.6) is 0 Å². The van der Waals surface area contributed by atoms with Crippen LogP contribution in [0.4, 0.5) is 0 Å². The van der Waals surface area contributed by atoms with Gasteiger partial charge in [0.05, 0.1) is 16.7 Å². The Morgan fingerprint density at radius 2 is 2.00 bits per heavy atom. The van der Waals surface area contributed by atoms with E-state index in [0.29, 0.717) is 41.5 Å². The summed E-state index contributed by atoms with van der Waals surface area (Å²) in [7, 11) is 0. The fraction of sp³-hybridized carbons (Fsp3) is 0.400. The predicted molar refractivity (Wildman–Crippen MR) is 83.8 cm³/mol. The van der Waals surface area contributed by atoms with Gasteiger partial charge in [-0.25, -0.2) is 0 Å². The maximum Gasteiger partial charge on any atom is 0.255 e. The highest BCUT2D eigenvalue weighted by Crippen LogP contribution is 2.23. The molecule has 1 fully saturated rings. The zero-order chi connectivity index (χ0) is 16.1. The summed E-state index contributed by atoms with van der Waals surface area (Å²) in [5.41, 5.74) is 0.429. The summed E-state index contributed by atoms with van der Waals surface area (Å²) in [4.78, 5) is 25.5. The van der Waals surface area contributed by atoms with Gasteiger partial charge in [0.1, 0.15) is 6.42 Å². The predicted octanol–water partition coefficient (Wildman–Crippen LogP) is 2.63. The van der Waals surface area contributed by atoms with Crippen molar-refractivity contribution in [3.63, 3.8) is 0 Å². The van der Waals surface area contributed by atoms with Crippen LogP contribution in [0.25, 0.3) is 0 Å². The number of hydrogen-bond acceptors (Lipinski definition) is 3. The third-order valence-electron chi connectivity index (χ3n) is 3.55. The average molecular weight is 340 g/mol. The van der Waals surface area contributed by atoms with Crippen molar-refractivity contribution in [2.45, 2.75) is 25.3 Å². The molecule has 1 aliphatic heterocycles. The van der Waals surface area contributed by atoms with E-state index in [-0.39, 0.29) is 24.3 Å². The summed E-state index contributed by atoms with van der Waals surface area (Å²) < 4.78 is 0. The number of likely N-dealkylation sites (tertiary alicyclic amines) is 1. The molecule has 1 heterocycles. The maximum absolute atomic E-state index is 12.4. The Morgan fingerprint density at radius 3 is 2.59 bits per heavy atom. The highest BCUT2D eigenvalue weighted by atomic mass is 35.5. The second-order valence-electron chi connectivity index (χ2n) is 5.09. The molecule has 1 N–H and O–H groups in total. The molecule has 0 atom stereocenters. The van der Waals surface area contributed by atoms with Crippen LogP contribution in [0.3, 0.4) is 0 Å². The highest BCUT2D eigenvalue weighted by molar-refractivity contribution is 6.36. The van der Waals surface area contributed by atoms with Gasteiger partial charge in [-0.1, -0.05) is 23.2 Å². The number of benzene rings is 1. The molecule has 0 aromatic heterocycles. The highest BCUT2D eigenvalue weighted by Gasteiger charge is 2.25. The van der Waals surface area contributed by atoms with Crippen molar-refractivity contribution in [1.29, 1.82) is 5.26 Å². The van der Waals surface area contributed by atoms with E-state index in [1.54, 1.807) is 23.1 Å². The summed E-state index contributed by atoms with van der Waals surface area (Å²) in [6.45, 7) is 1.07. The Morgan fingerprint density at radius 1 is 1.32 bits per heavy atom. The van der Waals surface area contributed by atoms with E-state index >= 15 is 0 Å². The second-order valence-corrected chi connectivity index (χ2v) is 5.94. The zero-order valence-corrected chi connectivity index (χ0v) is 13.3. The van der Waals surface area contributed by atoms with E-state index in [1.807, 2.05) is 6.07 Å². The van der Waals surface area contributed by atoms with Crippen LogP contribution in [-0.2, 0) is 4.79 Å². The minimum absolute atomic E-state index is 0.00518. The lowest BCUT2D eigenvalue weighted by Crippen LogP contribution is -2.46. The first-order chi connectivity index (χ1) is 10.5. The minimum atomic E-state index is -0.270. The summed E-state index contributed by atoms with van der Waals surface area (Å²) >= 11 is 11.9. The van der Waals surface area contributed by atoms with E-state index in [9.17, 15) is 9.59 Å². The molecule has 0 spiro atoms. The monoisotopic (exact) mass is 339 g/mol. The normalized spacial score (nSPS) is 15.2. The molecule has 0 radical (unpaired) electrons. The summed E-state index contributed by atoms with van der Waals surface area (Å²) in [6, 6.07) is 6.62. The smallest absolute Gasteiger partial charge is 0.255 e. The first kappa shape index (κ1) is 16.6. The van der Waals surface area contributed by atoms with Crippen molar-refractivity contribution in [3.8, 4) is 6.07 Å². The molecule has 22 heavy (non-hydrogen) atoms. The summed E-state index contributed by atoms with van der Waals surface area (Å²) in [5.74, 6) is -0.406. The third kappa shape index (κ3) is 4.12. The van der Waals surface area contributed by atoms with E-state index in [4.69, 9.17) is 28.5 Å². The number of amides is 2. The van der Waals surface area contributed by atoms with Gasteiger partial charge in [0.15, 0.2) is 0 Å². The van der Waals surface area contributed by atoms with Crippen LogP contribution in [0, 0.1) is 11.3 Å². The Kier molecular flexibility index (Phi) is 5.64. The Bertz CT molecular complexity index is 620. The third-order valence-corrected chi connectivity index (χ3v) is 4.10. The molecule has 2 amide bonds. The van der Waals surface area contributed by atoms with Gasteiger partial charge in [-0.15, -0.1) is 0 Å². The van der Waals surface area contributed by atoms with Crippen molar-refractivity contribution >= 4 is 35.0 Å². The molecule has 0 bridgehead atoms. The molecule has 1 saturated heterocycles. The minimum Gasteiger partial charge on any atom is -0.352 e. The largest absolute Gasteiger partial charge is 0.352 e. The fourth-order valence-corrected chi connectivity index (χ4v) is 2.90. The van der Waals surface area contributed by atoms with Crippen molar-refractivity contribution in [2.75, 3.05) is 13.1 Å². The molecular weight excluding hydrogens is 325 g/mol. The SMILES string of the molecule is N#CCC(=O)NC1CCN(C(=O)c2ccc(Cl)cc2Cl)CC1. The van der Waals surface area contributed by atoms with Gasteiger partial charge in [0.2, 0.25) is 5.91 Å². The molecular formula is C15H15Cl2N3O2. The number of piperidine rings is 1. The second kappa shape index (κ2) is 7.48. The summed E-state index contributed by atoms with van der Waals surface area (Å²) in [5, 5.41) is 12.1. The number of nitrogens with zero attached hydrogens (tertiary/aromatic N) is 2. The van der Waals surface area contributed by atoms with Crippen molar-refractivity contribution in [3.05, 3.63) is 33.8 Å². The van der Waals surface area contributed by atoms with Crippen LogP contribution < -0.4 is 5.32 Å². The molecule has 1 aliphatic rings. The molecule has 1 aromatic carbocycles. The van der Waals surface area contributed by atoms with Crippen LogP contribution in [-0.4, -0.2) is 35.8 Å². The van der Waals surface area contributed by atoms with Crippen LogP contribution >= 0.6 is 23.2 Å². The fourth-order valence-electron chi connectivity index (χ4n) is 2.41. The van der Waals surface area contributed by atoms with Crippen LogP contribution in [0.2, 0.25) is 10.0 Å². The van der Waals surface area contributed by atoms with Gasteiger partial charge in [-0.3, -0.25) is 9.59 Å². The van der Waals surface area contributed by atoms with Gasteiger partial charge in [-0.05, 0) is 31.0 Å². The molecule has 1 aromatic rings. The lowest BCUT2D eigenvalue weighted by Gasteiger charge is -2.32. The van der Waals surface area contributed by atoms with Gasteiger partial charge < -0.3 is 10.2 Å². The average Bonchev–Trinajstić information content (AvgIpc) is 2.47. The number of carbonyl (C=O) groups excluding carboxylic acids is 2. The first-order valence-corrected chi connectivity index (χ1v) is 7.67. The molecule has 5 nitrogen and oxygen atoms in total. The van der Waals surface area contributed by atoms with Gasteiger partial charge in [0, 0.05) is 24.2 Å². The molecule has 2 rings (SSSR count). The van der Waals surface area contributed by atoms with Gasteiger partial charge in [0.25, 0.3) is 5.91 Å². The Balaban J connectivity index is 1.92. The van der Waals surface area contributed by atoms with Crippen LogP contribution in [0.1, 0.15) is 29.6 Å². The number of hydrogen-bond donors (Lipinski definition) is 1. The topological polar surface area (TPSA) is 73.2 Å². The maximum atomic E-state index is 12.4. The number of nitrogens with one attached hydrogen (secondary N) is 1. The van der Waals surface area contributed by atoms with Gasteiger partial charge >= 0.3 is 0 Å². The number of nitriles is 1. The van der Waals surface area contributed by atoms with Crippen molar-refractivity contribution < 1.29 is 9.59 Å².